The van der Waals surface area contributed by atoms with E-state index in [-0.39, 0.29) is 18.3 Å². The lowest BCUT2D eigenvalue weighted by atomic mass is 10.2. The molecule has 1 N–H and O–H groups in total. The minimum absolute atomic E-state index is 0.149. The molecule has 0 aliphatic rings. The molecule has 5 nitrogen and oxygen atoms in total. The molecule has 28 heavy (non-hydrogen) atoms. The fraction of sp³-hybridized carbons (Fsp3) is 0.0909. The van der Waals surface area contributed by atoms with Crippen molar-refractivity contribution in [2.24, 2.45) is 0 Å². The van der Waals surface area contributed by atoms with Crippen LogP contribution in [-0.2, 0) is 13.2 Å². The van der Waals surface area contributed by atoms with Gasteiger partial charge in [0.15, 0.2) is 0 Å². The van der Waals surface area contributed by atoms with Gasteiger partial charge in [0.05, 0.1) is 18.0 Å². The van der Waals surface area contributed by atoms with Crippen LogP contribution in [0.25, 0.3) is 5.52 Å². The molecule has 2 aromatic heterocycles. The Labute approximate surface area is 161 Å². The summed E-state index contributed by atoms with van der Waals surface area (Å²) in [6.45, 7) is 0.566. The standard InChI is InChI=1S/C22H18FN3O2/c23-21-4-2-1-3-18(21)14-28-20-7-5-16(6-8-20)12-25-22(27)17-9-10-26-15-24-13-19(26)11-17/h1-11,13,15H,12,14H2,(H,25,27). The van der Waals surface area contributed by atoms with Gasteiger partial charge in [-0.15, -0.1) is 0 Å². The maximum absolute atomic E-state index is 13.6. The topological polar surface area (TPSA) is 55.6 Å². The lowest BCUT2D eigenvalue weighted by molar-refractivity contribution is 0.0951. The monoisotopic (exact) mass is 375 g/mol. The van der Waals surface area contributed by atoms with Gasteiger partial charge in [0.2, 0.25) is 0 Å². The Morgan fingerprint density at radius 3 is 2.75 bits per heavy atom. The van der Waals surface area contributed by atoms with E-state index in [0.29, 0.717) is 23.4 Å². The summed E-state index contributed by atoms with van der Waals surface area (Å²) >= 11 is 0. The number of hydrogen-bond donors (Lipinski definition) is 1. The first-order valence-electron chi connectivity index (χ1n) is 8.84. The van der Waals surface area contributed by atoms with E-state index < -0.39 is 0 Å². The number of nitrogens with zero attached hydrogens (tertiary/aromatic N) is 2. The van der Waals surface area contributed by atoms with Gasteiger partial charge in [0.25, 0.3) is 5.91 Å². The fourth-order valence-electron chi connectivity index (χ4n) is 2.82. The predicted molar refractivity (Wildman–Crippen MR) is 104 cm³/mol. The molecule has 0 spiro atoms. The quantitative estimate of drug-likeness (QED) is 0.555. The van der Waals surface area contributed by atoms with Crippen molar-refractivity contribution < 1.29 is 13.9 Å². The first kappa shape index (κ1) is 17.7. The summed E-state index contributed by atoms with van der Waals surface area (Å²) in [5.74, 6) is 0.212. The molecule has 0 atom stereocenters. The zero-order chi connectivity index (χ0) is 19.3. The Balaban J connectivity index is 1.32. The third-order valence-corrected chi connectivity index (χ3v) is 4.40. The number of carbonyl (C=O) groups is 1. The molecule has 2 heterocycles. The number of amides is 1. The zero-order valence-corrected chi connectivity index (χ0v) is 15.0. The van der Waals surface area contributed by atoms with Crippen molar-refractivity contribution in [1.82, 2.24) is 14.7 Å². The van der Waals surface area contributed by atoms with Crippen molar-refractivity contribution >= 4 is 11.4 Å². The number of rotatable bonds is 6. The van der Waals surface area contributed by atoms with Crippen LogP contribution in [0, 0.1) is 5.82 Å². The third-order valence-electron chi connectivity index (χ3n) is 4.40. The zero-order valence-electron chi connectivity index (χ0n) is 15.0. The second-order valence-corrected chi connectivity index (χ2v) is 6.35. The highest BCUT2D eigenvalue weighted by Crippen LogP contribution is 2.16. The SMILES string of the molecule is O=C(NCc1ccc(OCc2ccccc2F)cc1)c1ccn2cncc2c1. The van der Waals surface area contributed by atoms with Crippen LogP contribution in [0.2, 0.25) is 0 Å². The molecule has 1 amide bonds. The number of nitrogens with one attached hydrogen (secondary N) is 1. The molecule has 0 unspecified atom stereocenters. The number of aromatic nitrogens is 2. The highest BCUT2D eigenvalue weighted by molar-refractivity contribution is 5.95. The largest absolute Gasteiger partial charge is 0.489 e. The summed E-state index contributed by atoms with van der Waals surface area (Å²) in [6.07, 6.45) is 5.20. The summed E-state index contributed by atoms with van der Waals surface area (Å²) in [4.78, 5) is 16.4. The van der Waals surface area contributed by atoms with E-state index in [1.807, 2.05) is 16.5 Å². The van der Waals surface area contributed by atoms with E-state index in [2.05, 4.69) is 10.3 Å². The molecule has 0 aliphatic carbocycles. The lowest BCUT2D eigenvalue weighted by Crippen LogP contribution is -2.22. The number of pyridine rings is 1. The maximum Gasteiger partial charge on any atom is 0.251 e. The average molecular weight is 375 g/mol. The highest BCUT2D eigenvalue weighted by Gasteiger charge is 2.07. The minimum atomic E-state index is -0.282. The molecule has 140 valence electrons. The molecule has 0 radical (unpaired) electrons. The van der Waals surface area contributed by atoms with Crippen LogP contribution in [0.3, 0.4) is 0 Å². The Morgan fingerprint density at radius 1 is 1.11 bits per heavy atom. The number of hydrogen-bond acceptors (Lipinski definition) is 3. The molecule has 0 aliphatic heterocycles. The second-order valence-electron chi connectivity index (χ2n) is 6.35. The number of halogens is 1. The molecule has 4 aromatic rings. The van der Waals surface area contributed by atoms with Gasteiger partial charge < -0.3 is 14.5 Å². The number of fused-ring (bicyclic) bond motifs is 1. The molecule has 6 heteroatoms. The van der Waals surface area contributed by atoms with Crippen LogP contribution in [0.1, 0.15) is 21.5 Å². The summed E-state index contributed by atoms with van der Waals surface area (Å²) in [5, 5.41) is 2.90. The van der Waals surface area contributed by atoms with Crippen molar-refractivity contribution in [2.45, 2.75) is 13.2 Å². The van der Waals surface area contributed by atoms with Crippen LogP contribution in [0.5, 0.6) is 5.75 Å². The van der Waals surface area contributed by atoms with Gasteiger partial charge >= 0.3 is 0 Å². The number of ether oxygens (including phenoxy) is 1. The van der Waals surface area contributed by atoms with E-state index in [1.165, 1.54) is 6.07 Å². The molecule has 0 saturated carbocycles. The van der Waals surface area contributed by atoms with Crippen LogP contribution >= 0.6 is 0 Å². The van der Waals surface area contributed by atoms with Gasteiger partial charge in [-0.25, -0.2) is 9.37 Å². The van der Waals surface area contributed by atoms with E-state index in [4.69, 9.17) is 4.74 Å². The Morgan fingerprint density at radius 2 is 1.93 bits per heavy atom. The number of carbonyl (C=O) groups excluding carboxylic acids is 1. The normalized spacial score (nSPS) is 10.8. The van der Waals surface area contributed by atoms with Gasteiger partial charge in [-0.05, 0) is 35.9 Å². The van der Waals surface area contributed by atoms with Crippen LogP contribution in [0.4, 0.5) is 4.39 Å². The fourth-order valence-corrected chi connectivity index (χ4v) is 2.82. The van der Waals surface area contributed by atoms with Gasteiger partial charge in [-0.2, -0.15) is 0 Å². The molecule has 0 fully saturated rings. The minimum Gasteiger partial charge on any atom is -0.489 e. The maximum atomic E-state index is 13.6. The van der Waals surface area contributed by atoms with Crippen molar-refractivity contribution in [3.05, 3.63) is 102 Å². The first-order chi connectivity index (χ1) is 13.7. The van der Waals surface area contributed by atoms with Crippen LogP contribution in [0.15, 0.2) is 79.4 Å². The number of imidazole rings is 1. The Hall–Kier alpha value is -3.67. The molecular weight excluding hydrogens is 357 g/mol. The molecule has 4 rings (SSSR count). The van der Waals surface area contributed by atoms with Crippen molar-refractivity contribution in [2.75, 3.05) is 0 Å². The highest BCUT2D eigenvalue weighted by atomic mass is 19.1. The Kier molecular flexibility index (Phi) is 5.01. The van der Waals surface area contributed by atoms with E-state index in [9.17, 15) is 9.18 Å². The molecule has 2 aromatic carbocycles. The summed E-state index contributed by atoms with van der Waals surface area (Å²) in [5.41, 5.74) is 2.90. The molecular formula is C22H18FN3O2. The van der Waals surface area contributed by atoms with Crippen molar-refractivity contribution in [3.8, 4) is 5.75 Å². The summed E-state index contributed by atoms with van der Waals surface area (Å²) in [6, 6.07) is 17.4. The van der Waals surface area contributed by atoms with Crippen molar-refractivity contribution in [1.29, 1.82) is 0 Å². The first-order valence-corrected chi connectivity index (χ1v) is 8.84. The van der Waals surface area contributed by atoms with Crippen LogP contribution in [-0.4, -0.2) is 15.3 Å². The van der Waals surface area contributed by atoms with Gasteiger partial charge in [0.1, 0.15) is 18.2 Å². The molecule has 0 saturated heterocycles. The summed E-state index contributed by atoms with van der Waals surface area (Å²) < 4.78 is 21.1. The van der Waals surface area contributed by atoms with E-state index in [0.717, 1.165) is 11.1 Å². The van der Waals surface area contributed by atoms with Crippen molar-refractivity contribution in [3.63, 3.8) is 0 Å². The lowest BCUT2D eigenvalue weighted by Gasteiger charge is -2.09. The number of benzene rings is 2. The third kappa shape index (κ3) is 4.01. The van der Waals surface area contributed by atoms with Gasteiger partial charge in [-0.1, -0.05) is 30.3 Å². The summed E-state index contributed by atoms with van der Waals surface area (Å²) in [7, 11) is 0. The van der Waals surface area contributed by atoms with E-state index in [1.54, 1.807) is 61.2 Å². The smallest absolute Gasteiger partial charge is 0.251 e. The van der Waals surface area contributed by atoms with Gasteiger partial charge in [-0.3, -0.25) is 4.79 Å². The second kappa shape index (κ2) is 7.92. The Bertz CT molecular complexity index is 1110. The molecule has 0 bridgehead atoms. The average Bonchev–Trinajstić information content (AvgIpc) is 3.20. The van der Waals surface area contributed by atoms with Crippen LogP contribution < -0.4 is 10.1 Å². The van der Waals surface area contributed by atoms with Gasteiger partial charge in [0, 0.05) is 23.9 Å². The van der Waals surface area contributed by atoms with E-state index >= 15 is 0 Å². The predicted octanol–water partition coefficient (Wildman–Crippen LogP) is 3.98.